The lowest BCUT2D eigenvalue weighted by atomic mass is 10.0. The Bertz CT molecular complexity index is 425. The van der Waals surface area contributed by atoms with Crippen molar-refractivity contribution in [1.82, 2.24) is 4.90 Å². The van der Waals surface area contributed by atoms with Gasteiger partial charge in [-0.3, -0.25) is 4.79 Å². The first-order chi connectivity index (χ1) is 9.66. The van der Waals surface area contributed by atoms with Gasteiger partial charge in [0.1, 0.15) is 5.82 Å². The number of hydrogen-bond acceptors (Lipinski definition) is 2. The number of nitrogens with zero attached hydrogens (tertiary/aromatic N) is 1. The lowest BCUT2D eigenvalue weighted by Gasteiger charge is -2.21. The molecule has 0 aliphatic carbocycles. The molecule has 1 heterocycles. The third kappa shape index (κ3) is 4.30. The van der Waals surface area contributed by atoms with Crippen molar-refractivity contribution in [2.24, 2.45) is 0 Å². The zero-order valence-electron chi connectivity index (χ0n) is 11.7. The highest BCUT2D eigenvalue weighted by molar-refractivity contribution is 5.76. The molecule has 1 aliphatic rings. The summed E-state index contributed by atoms with van der Waals surface area (Å²) >= 11 is 0. The minimum absolute atomic E-state index is 0.119. The molecule has 0 radical (unpaired) electrons. The largest absolute Gasteiger partial charge is 0.388 e. The van der Waals surface area contributed by atoms with Gasteiger partial charge in [-0.15, -0.1) is 0 Å². The molecule has 0 bridgehead atoms. The monoisotopic (exact) mass is 279 g/mol. The van der Waals surface area contributed by atoms with Gasteiger partial charge in [0.05, 0.1) is 6.10 Å². The number of amides is 1. The Balaban J connectivity index is 1.81. The second-order valence-electron chi connectivity index (χ2n) is 5.40. The molecule has 2 rings (SSSR count). The maximum absolute atomic E-state index is 12.8. The average Bonchev–Trinajstić information content (AvgIpc) is 2.74. The van der Waals surface area contributed by atoms with Crippen LogP contribution in [0.3, 0.4) is 0 Å². The summed E-state index contributed by atoms with van der Waals surface area (Å²) in [5, 5.41) is 10.0. The molecule has 1 unspecified atom stereocenters. The van der Waals surface area contributed by atoms with Gasteiger partial charge < -0.3 is 10.0 Å². The number of aliphatic hydroxyl groups is 1. The predicted molar refractivity (Wildman–Crippen MR) is 75.6 cm³/mol. The lowest BCUT2D eigenvalue weighted by Crippen LogP contribution is -2.31. The van der Waals surface area contributed by atoms with Gasteiger partial charge in [0, 0.05) is 19.5 Å². The van der Waals surface area contributed by atoms with Crippen molar-refractivity contribution in [2.75, 3.05) is 13.1 Å². The summed E-state index contributed by atoms with van der Waals surface area (Å²) in [6, 6.07) is 5.79. The first kappa shape index (κ1) is 15.0. The zero-order chi connectivity index (χ0) is 14.4. The fourth-order valence-electron chi connectivity index (χ4n) is 2.59. The Morgan fingerprint density at radius 3 is 2.35 bits per heavy atom. The van der Waals surface area contributed by atoms with Crippen LogP contribution in [0.15, 0.2) is 24.3 Å². The van der Waals surface area contributed by atoms with E-state index in [0.29, 0.717) is 18.4 Å². The van der Waals surface area contributed by atoms with Crippen LogP contribution in [0.4, 0.5) is 4.39 Å². The third-order valence-electron chi connectivity index (χ3n) is 3.85. The SMILES string of the molecule is O=C(CCC(O)c1ccc(F)cc1)N1CCCCCC1. The Labute approximate surface area is 119 Å². The second-order valence-corrected chi connectivity index (χ2v) is 5.40. The summed E-state index contributed by atoms with van der Waals surface area (Å²) in [6.07, 6.45) is 4.58. The molecule has 1 fully saturated rings. The van der Waals surface area contributed by atoms with Crippen LogP contribution in [-0.2, 0) is 4.79 Å². The van der Waals surface area contributed by atoms with E-state index in [1.807, 2.05) is 4.90 Å². The molecule has 1 saturated heterocycles. The van der Waals surface area contributed by atoms with Crippen molar-refractivity contribution in [3.05, 3.63) is 35.6 Å². The number of likely N-dealkylation sites (tertiary alicyclic amines) is 1. The van der Waals surface area contributed by atoms with E-state index in [0.717, 1.165) is 25.9 Å². The fourth-order valence-corrected chi connectivity index (χ4v) is 2.59. The molecule has 0 aromatic heterocycles. The van der Waals surface area contributed by atoms with Crippen LogP contribution < -0.4 is 0 Å². The topological polar surface area (TPSA) is 40.5 Å². The van der Waals surface area contributed by atoms with E-state index >= 15 is 0 Å². The number of rotatable bonds is 4. The summed E-state index contributed by atoms with van der Waals surface area (Å²) in [4.78, 5) is 14.0. The van der Waals surface area contributed by atoms with Crippen molar-refractivity contribution in [3.63, 3.8) is 0 Å². The molecule has 1 aromatic carbocycles. The highest BCUT2D eigenvalue weighted by Gasteiger charge is 2.17. The van der Waals surface area contributed by atoms with Crippen LogP contribution in [0.2, 0.25) is 0 Å². The minimum Gasteiger partial charge on any atom is -0.388 e. The van der Waals surface area contributed by atoms with Crippen LogP contribution in [0.25, 0.3) is 0 Å². The molecule has 1 aliphatic heterocycles. The van der Waals surface area contributed by atoms with E-state index in [1.54, 1.807) is 12.1 Å². The number of carbonyl (C=O) groups excluding carboxylic acids is 1. The maximum Gasteiger partial charge on any atom is 0.222 e. The fraction of sp³-hybridized carbons (Fsp3) is 0.562. The average molecular weight is 279 g/mol. The van der Waals surface area contributed by atoms with E-state index in [9.17, 15) is 14.3 Å². The number of halogens is 1. The molecule has 110 valence electrons. The summed E-state index contributed by atoms with van der Waals surface area (Å²) < 4.78 is 12.8. The smallest absolute Gasteiger partial charge is 0.222 e. The van der Waals surface area contributed by atoms with Gasteiger partial charge in [-0.25, -0.2) is 4.39 Å². The van der Waals surface area contributed by atoms with E-state index in [-0.39, 0.29) is 11.7 Å². The standard InChI is InChI=1S/C16H22FNO2/c17-14-7-5-13(6-8-14)15(19)9-10-16(20)18-11-3-1-2-4-12-18/h5-8,15,19H,1-4,9-12H2. The van der Waals surface area contributed by atoms with Gasteiger partial charge in [-0.1, -0.05) is 25.0 Å². The van der Waals surface area contributed by atoms with E-state index in [2.05, 4.69) is 0 Å². The molecule has 1 atom stereocenters. The second kappa shape index (κ2) is 7.39. The van der Waals surface area contributed by atoms with E-state index < -0.39 is 6.10 Å². The molecule has 3 nitrogen and oxygen atoms in total. The Morgan fingerprint density at radius 2 is 1.75 bits per heavy atom. The maximum atomic E-state index is 12.8. The van der Waals surface area contributed by atoms with Crippen molar-refractivity contribution >= 4 is 5.91 Å². The molecule has 1 N–H and O–H groups in total. The molecule has 20 heavy (non-hydrogen) atoms. The lowest BCUT2D eigenvalue weighted by molar-refractivity contribution is -0.131. The molecule has 0 saturated carbocycles. The summed E-state index contributed by atoms with van der Waals surface area (Å²) in [7, 11) is 0. The van der Waals surface area contributed by atoms with Crippen molar-refractivity contribution in [1.29, 1.82) is 0 Å². The molecule has 4 heteroatoms. The van der Waals surface area contributed by atoms with E-state index in [1.165, 1.54) is 25.0 Å². The summed E-state index contributed by atoms with van der Waals surface area (Å²) in [5.74, 6) is -0.199. The molecular weight excluding hydrogens is 257 g/mol. The number of hydrogen-bond donors (Lipinski definition) is 1. The molecule has 0 spiro atoms. The Kier molecular flexibility index (Phi) is 5.53. The first-order valence-electron chi connectivity index (χ1n) is 7.38. The van der Waals surface area contributed by atoms with Crippen LogP contribution in [0, 0.1) is 5.82 Å². The molecule has 1 aromatic rings. The highest BCUT2D eigenvalue weighted by atomic mass is 19.1. The first-order valence-corrected chi connectivity index (χ1v) is 7.38. The van der Waals surface area contributed by atoms with Crippen molar-refractivity contribution < 1.29 is 14.3 Å². The highest BCUT2D eigenvalue weighted by Crippen LogP contribution is 2.20. The number of benzene rings is 1. The zero-order valence-corrected chi connectivity index (χ0v) is 11.7. The molecular formula is C16H22FNO2. The quantitative estimate of drug-likeness (QED) is 0.920. The van der Waals surface area contributed by atoms with Crippen LogP contribution in [0.1, 0.15) is 50.2 Å². The van der Waals surface area contributed by atoms with Crippen molar-refractivity contribution in [2.45, 2.75) is 44.6 Å². The Morgan fingerprint density at radius 1 is 1.15 bits per heavy atom. The third-order valence-corrected chi connectivity index (χ3v) is 3.85. The van der Waals surface area contributed by atoms with Crippen molar-refractivity contribution in [3.8, 4) is 0 Å². The van der Waals surface area contributed by atoms with Gasteiger partial charge in [-0.2, -0.15) is 0 Å². The molecule has 1 amide bonds. The number of carbonyl (C=O) groups is 1. The number of aliphatic hydroxyl groups excluding tert-OH is 1. The summed E-state index contributed by atoms with van der Waals surface area (Å²) in [6.45, 7) is 1.68. The van der Waals surface area contributed by atoms with Crippen LogP contribution >= 0.6 is 0 Å². The van der Waals surface area contributed by atoms with Gasteiger partial charge >= 0.3 is 0 Å². The van der Waals surface area contributed by atoms with Crippen LogP contribution in [0.5, 0.6) is 0 Å². The van der Waals surface area contributed by atoms with E-state index in [4.69, 9.17) is 0 Å². The minimum atomic E-state index is -0.702. The van der Waals surface area contributed by atoms with Gasteiger partial charge in [0.25, 0.3) is 0 Å². The normalized spacial score (nSPS) is 17.6. The summed E-state index contributed by atoms with van der Waals surface area (Å²) in [5.41, 5.74) is 0.662. The predicted octanol–water partition coefficient (Wildman–Crippen LogP) is 3.04. The van der Waals surface area contributed by atoms with Crippen LogP contribution in [-0.4, -0.2) is 29.0 Å². The van der Waals surface area contributed by atoms with Gasteiger partial charge in [-0.05, 0) is 37.0 Å². The van der Waals surface area contributed by atoms with Gasteiger partial charge in [0.2, 0.25) is 5.91 Å². The Hall–Kier alpha value is -1.42. The van der Waals surface area contributed by atoms with Gasteiger partial charge in [0.15, 0.2) is 0 Å².